The van der Waals surface area contributed by atoms with Crippen LogP contribution in [0.5, 0.6) is 0 Å². The second kappa shape index (κ2) is 4.82. The van der Waals surface area contributed by atoms with Crippen molar-refractivity contribution in [3.05, 3.63) is 34.4 Å². The zero-order valence-electron chi connectivity index (χ0n) is 11.4. The number of rotatable bonds is 2. The van der Waals surface area contributed by atoms with Crippen molar-refractivity contribution in [2.75, 3.05) is 0 Å². The van der Waals surface area contributed by atoms with Crippen LogP contribution in [0.3, 0.4) is 0 Å². The molecule has 16 heavy (non-hydrogen) atoms. The van der Waals surface area contributed by atoms with E-state index in [1.165, 1.54) is 22.3 Å². The number of benzene rings is 1. The Kier molecular flexibility index (Phi) is 3.90. The fourth-order valence-corrected chi connectivity index (χ4v) is 1.87. The molecule has 0 spiro atoms. The van der Waals surface area contributed by atoms with E-state index in [2.05, 4.69) is 58.7 Å². The van der Waals surface area contributed by atoms with Gasteiger partial charge >= 0.3 is 0 Å². The van der Waals surface area contributed by atoms with Gasteiger partial charge in [0.25, 0.3) is 0 Å². The Balaban J connectivity index is 2.87. The van der Waals surface area contributed by atoms with E-state index >= 15 is 0 Å². The smallest absolute Gasteiger partial charge is 0.0641 e. The van der Waals surface area contributed by atoms with Crippen LogP contribution in [0, 0.1) is 26.2 Å². The number of aliphatic imine (C=N–C) groups is 1. The molecule has 0 fully saturated rings. The quantitative estimate of drug-likeness (QED) is 0.657. The molecular weight excluding hydrogens is 194 g/mol. The second-order valence-corrected chi connectivity index (χ2v) is 5.71. The van der Waals surface area contributed by atoms with Gasteiger partial charge < -0.3 is 0 Å². The predicted molar refractivity (Wildman–Crippen MR) is 72.3 cm³/mol. The fourth-order valence-electron chi connectivity index (χ4n) is 1.87. The van der Waals surface area contributed by atoms with Crippen LogP contribution >= 0.6 is 0 Å². The lowest BCUT2D eigenvalue weighted by molar-refractivity contribution is 0.604. The minimum Gasteiger partial charge on any atom is -0.292 e. The van der Waals surface area contributed by atoms with Crippen LogP contribution in [0.1, 0.15) is 43.0 Å². The van der Waals surface area contributed by atoms with Gasteiger partial charge in [-0.2, -0.15) is 0 Å². The molecular formula is C15H23N. The number of hydrogen-bond acceptors (Lipinski definition) is 1. The van der Waals surface area contributed by atoms with Gasteiger partial charge in [0, 0.05) is 6.21 Å². The largest absolute Gasteiger partial charge is 0.292 e. The van der Waals surface area contributed by atoms with Crippen LogP contribution in [0.25, 0.3) is 0 Å². The highest BCUT2D eigenvalue weighted by Gasteiger charge is 2.06. The third-order valence-electron chi connectivity index (χ3n) is 2.57. The van der Waals surface area contributed by atoms with Gasteiger partial charge in [-0.05, 0) is 42.9 Å². The zero-order valence-corrected chi connectivity index (χ0v) is 11.4. The maximum absolute atomic E-state index is 4.54. The molecule has 0 aliphatic carbocycles. The van der Waals surface area contributed by atoms with Crippen molar-refractivity contribution in [2.45, 2.75) is 48.1 Å². The summed E-state index contributed by atoms with van der Waals surface area (Å²) in [6.45, 7) is 13.8. The molecule has 1 nitrogen and oxygen atoms in total. The maximum Gasteiger partial charge on any atom is 0.0641 e. The molecule has 0 aliphatic heterocycles. The molecule has 0 saturated carbocycles. The number of nitrogens with zero attached hydrogens (tertiary/aromatic N) is 1. The maximum atomic E-state index is 4.54. The van der Waals surface area contributed by atoms with Gasteiger partial charge in [0.15, 0.2) is 0 Å². The molecule has 0 heterocycles. The average Bonchev–Trinajstić information content (AvgIpc) is 2.07. The van der Waals surface area contributed by atoms with Crippen molar-refractivity contribution in [3.63, 3.8) is 0 Å². The zero-order chi connectivity index (χ0) is 12.3. The van der Waals surface area contributed by atoms with E-state index in [1.807, 2.05) is 6.21 Å². The highest BCUT2D eigenvalue weighted by molar-refractivity contribution is 5.64. The lowest BCUT2D eigenvalue weighted by Crippen LogP contribution is -2.06. The van der Waals surface area contributed by atoms with Crippen molar-refractivity contribution in [3.8, 4) is 0 Å². The summed E-state index contributed by atoms with van der Waals surface area (Å²) in [5.74, 6) is 0. The Morgan fingerprint density at radius 3 is 2.00 bits per heavy atom. The topological polar surface area (TPSA) is 12.4 Å². The highest BCUT2D eigenvalue weighted by atomic mass is 14.7. The Morgan fingerprint density at radius 1 is 1.06 bits per heavy atom. The first-order chi connectivity index (χ1) is 7.29. The van der Waals surface area contributed by atoms with Crippen molar-refractivity contribution in [1.29, 1.82) is 0 Å². The van der Waals surface area contributed by atoms with Gasteiger partial charge in [-0.3, -0.25) is 4.99 Å². The summed E-state index contributed by atoms with van der Waals surface area (Å²) in [6.07, 6.45) is 2.05. The van der Waals surface area contributed by atoms with E-state index in [-0.39, 0.29) is 5.41 Å². The molecule has 0 aliphatic rings. The second-order valence-electron chi connectivity index (χ2n) is 5.71. The molecule has 88 valence electrons. The Bertz CT molecular complexity index is 371. The van der Waals surface area contributed by atoms with E-state index < -0.39 is 0 Å². The van der Waals surface area contributed by atoms with E-state index in [9.17, 15) is 0 Å². The summed E-state index contributed by atoms with van der Waals surface area (Å²) < 4.78 is 0. The lowest BCUT2D eigenvalue weighted by atomic mass is 9.98. The van der Waals surface area contributed by atoms with E-state index in [0.717, 1.165) is 6.54 Å². The Morgan fingerprint density at radius 2 is 1.56 bits per heavy atom. The SMILES string of the molecule is Cc1cc(C)c(CN=CC(C)(C)C)c(C)c1. The normalized spacial score (nSPS) is 12.4. The molecule has 1 aromatic rings. The van der Waals surface area contributed by atoms with E-state index in [4.69, 9.17) is 0 Å². The molecule has 0 N–H and O–H groups in total. The molecule has 0 amide bonds. The summed E-state index contributed by atoms with van der Waals surface area (Å²) in [7, 11) is 0. The summed E-state index contributed by atoms with van der Waals surface area (Å²) in [5, 5.41) is 0. The molecule has 0 aromatic heterocycles. The molecule has 1 rings (SSSR count). The predicted octanol–water partition coefficient (Wildman–Crippen LogP) is 4.23. The van der Waals surface area contributed by atoms with Gasteiger partial charge in [-0.25, -0.2) is 0 Å². The van der Waals surface area contributed by atoms with E-state index in [1.54, 1.807) is 0 Å². The van der Waals surface area contributed by atoms with Gasteiger partial charge in [-0.15, -0.1) is 0 Å². The summed E-state index contributed by atoms with van der Waals surface area (Å²) >= 11 is 0. The molecule has 1 heteroatoms. The van der Waals surface area contributed by atoms with E-state index in [0.29, 0.717) is 0 Å². The van der Waals surface area contributed by atoms with Crippen LogP contribution in [0.2, 0.25) is 0 Å². The molecule has 0 bridgehead atoms. The number of hydrogen-bond donors (Lipinski definition) is 0. The molecule has 0 saturated heterocycles. The first-order valence-electron chi connectivity index (χ1n) is 5.87. The first-order valence-corrected chi connectivity index (χ1v) is 5.87. The van der Waals surface area contributed by atoms with Crippen molar-refractivity contribution >= 4 is 6.21 Å². The average molecular weight is 217 g/mol. The molecule has 0 unspecified atom stereocenters. The minimum atomic E-state index is 0.173. The first kappa shape index (κ1) is 13.0. The fraction of sp³-hybridized carbons (Fsp3) is 0.533. The van der Waals surface area contributed by atoms with Crippen molar-refractivity contribution in [2.24, 2.45) is 10.4 Å². The summed E-state index contributed by atoms with van der Waals surface area (Å²) in [6, 6.07) is 4.46. The third kappa shape index (κ3) is 3.80. The van der Waals surface area contributed by atoms with Gasteiger partial charge in [0.2, 0.25) is 0 Å². The Labute approximate surface area is 99.6 Å². The van der Waals surface area contributed by atoms with Crippen LogP contribution < -0.4 is 0 Å². The molecule has 0 atom stereocenters. The van der Waals surface area contributed by atoms with Crippen LogP contribution in [-0.4, -0.2) is 6.21 Å². The minimum absolute atomic E-state index is 0.173. The van der Waals surface area contributed by atoms with Crippen LogP contribution in [0.4, 0.5) is 0 Å². The monoisotopic (exact) mass is 217 g/mol. The van der Waals surface area contributed by atoms with Crippen molar-refractivity contribution in [1.82, 2.24) is 0 Å². The van der Waals surface area contributed by atoms with Crippen LogP contribution in [-0.2, 0) is 6.54 Å². The third-order valence-corrected chi connectivity index (χ3v) is 2.57. The standard InChI is InChI=1S/C15H23N/c1-11-7-12(2)14(13(3)8-11)9-16-10-15(4,5)6/h7-8,10H,9H2,1-6H3. The Hall–Kier alpha value is -1.11. The molecule has 1 aromatic carbocycles. The van der Waals surface area contributed by atoms with Gasteiger partial charge in [0.1, 0.15) is 0 Å². The van der Waals surface area contributed by atoms with Crippen molar-refractivity contribution < 1.29 is 0 Å². The summed E-state index contributed by atoms with van der Waals surface area (Å²) in [5.41, 5.74) is 5.57. The highest BCUT2D eigenvalue weighted by Crippen LogP contribution is 2.18. The van der Waals surface area contributed by atoms with Crippen LogP contribution in [0.15, 0.2) is 17.1 Å². The lowest BCUT2D eigenvalue weighted by Gasteiger charge is -2.12. The van der Waals surface area contributed by atoms with Gasteiger partial charge in [0.05, 0.1) is 6.54 Å². The summed E-state index contributed by atoms with van der Waals surface area (Å²) in [4.78, 5) is 4.54. The molecule has 0 radical (unpaired) electrons. The van der Waals surface area contributed by atoms with Gasteiger partial charge in [-0.1, -0.05) is 38.5 Å². The number of aryl methyl sites for hydroxylation is 3.